The largest absolute Gasteiger partial charge is 0.335 e. The molecule has 0 amide bonds. The van der Waals surface area contributed by atoms with E-state index in [0.717, 1.165) is 21.3 Å². The van der Waals surface area contributed by atoms with Crippen molar-refractivity contribution in [1.29, 1.82) is 0 Å². The Kier molecular flexibility index (Phi) is 6.17. The maximum Gasteiger partial charge on any atom is 0.125 e. The van der Waals surface area contributed by atoms with Crippen molar-refractivity contribution in [2.24, 2.45) is 0 Å². The molecule has 1 unspecified atom stereocenters. The summed E-state index contributed by atoms with van der Waals surface area (Å²) in [5.41, 5.74) is 2.92. The van der Waals surface area contributed by atoms with E-state index in [1.807, 2.05) is 5.51 Å². The average Bonchev–Trinajstić information content (AvgIpc) is 2.94. The smallest absolute Gasteiger partial charge is 0.125 e. The molecule has 2 aromatic heterocycles. The van der Waals surface area contributed by atoms with E-state index in [2.05, 4.69) is 35.7 Å². The quantitative estimate of drug-likeness (QED) is 0.430. The molecule has 0 N–H and O–H groups in total. The number of aromatic nitrogens is 2. The van der Waals surface area contributed by atoms with E-state index in [1.165, 1.54) is 38.5 Å². The first-order valence-corrected chi connectivity index (χ1v) is 9.01. The van der Waals surface area contributed by atoms with Gasteiger partial charge in [-0.05, 0) is 18.9 Å². The number of rotatable bonds is 8. The van der Waals surface area contributed by atoms with E-state index in [1.54, 1.807) is 11.3 Å². The number of hydrogen-bond donors (Lipinski definition) is 0. The number of pyridine rings is 1. The van der Waals surface area contributed by atoms with Gasteiger partial charge in [-0.15, -0.1) is 11.3 Å². The number of thiazole rings is 1. The summed E-state index contributed by atoms with van der Waals surface area (Å²) in [7, 11) is 0. The zero-order chi connectivity index (χ0) is 14.4. The van der Waals surface area contributed by atoms with Crippen LogP contribution in [0.2, 0.25) is 0 Å². The first-order valence-electron chi connectivity index (χ1n) is 7.72. The maximum absolute atomic E-state index is 5.64. The number of nitrogens with zero attached hydrogens (tertiary/aromatic N) is 2. The van der Waals surface area contributed by atoms with Crippen molar-refractivity contribution in [3.8, 4) is 0 Å². The van der Waals surface area contributed by atoms with Crippen molar-refractivity contribution in [1.82, 2.24) is 9.55 Å². The van der Waals surface area contributed by atoms with Gasteiger partial charge >= 0.3 is 0 Å². The normalized spacial score (nSPS) is 12.9. The molecule has 0 bridgehead atoms. The minimum absolute atomic E-state index is 0.538. The third-order valence-electron chi connectivity index (χ3n) is 3.92. The molecule has 1 atom stereocenters. The molecular weight excluding hydrogens is 284 g/mol. The second-order valence-corrected chi connectivity index (χ2v) is 6.60. The van der Waals surface area contributed by atoms with Crippen LogP contribution in [-0.2, 0) is 0 Å². The minimum Gasteiger partial charge on any atom is -0.335 e. The first kappa shape index (κ1) is 15.6. The maximum atomic E-state index is 5.64. The summed E-state index contributed by atoms with van der Waals surface area (Å²) < 4.78 is 4.41. The Morgan fingerprint density at radius 3 is 2.80 bits per heavy atom. The van der Waals surface area contributed by atoms with Gasteiger partial charge in [-0.25, -0.2) is 4.98 Å². The average molecular weight is 309 g/mol. The van der Waals surface area contributed by atoms with Gasteiger partial charge in [0.2, 0.25) is 0 Å². The van der Waals surface area contributed by atoms with Gasteiger partial charge in [0.15, 0.2) is 0 Å². The molecule has 4 heteroatoms. The van der Waals surface area contributed by atoms with E-state index in [4.69, 9.17) is 12.2 Å². The van der Waals surface area contributed by atoms with Crippen LogP contribution in [0.4, 0.5) is 0 Å². The lowest BCUT2D eigenvalue weighted by atomic mass is 10.0. The highest BCUT2D eigenvalue weighted by atomic mass is 32.1. The Balaban J connectivity index is 2.05. The minimum atomic E-state index is 0.538. The molecule has 0 saturated carbocycles. The molecule has 2 aromatic rings. The van der Waals surface area contributed by atoms with Crippen LogP contribution >= 0.6 is 23.6 Å². The predicted octanol–water partition coefficient (Wildman–Crippen LogP) is 6.14. The van der Waals surface area contributed by atoms with Gasteiger partial charge in [-0.2, -0.15) is 0 Å². The lowest BCUT2D eigenvalue weighted by Crippen LogP contribution is -2.09. The molecule has 2 heterocycles. The van der Waals surface area contributed by atoms with E-state index in [-0.39, 0.29) is 0 Å². The summed E-state index contributed by atoms with van der Waals surface area (Å²) in [6.45, 7) is 4.52. The topological polar surface area (TPSA) is 17.8 Å². The lowest BCUT2D eigenvalue weighted by molar-refractivity contribution is 0.423. The van der Waals surface area contributed by atoms with Crippen LogP contribution in [-0.4, -0.2) is 9.55 Å². The van der Waals surface area contributed by atoms with Crippen molar-refractivity contribution >= 4 is 33.8 Å². The van der Waals surface area contributed by atoms with Crippen LogP contribution < -0.4 is 0 Å². The van der Waals surface area contributed by atoms with Crippen molar-refractivity contribution in [2.75, 3.05) is 0 Å². The summed E-state index contributed by atoms with van der Waals surface area (Å²) >= 11 is 7.30. The van der Waals surface area contributed by atoms with Gasteiger partial charge in [-0.3, -0.25) is 0 Å². The van der Waals surface area contributed by atoms with Crippen LogP contribution in [0.3, 0.4) is 0 Å². The first-order chi connectivity index (χ1) is 9.77. The van der Waals surface area contributed by atoms with Gasteiger partial charge in [0.25, 0.3) is 0 Å². The van der Waals surface area contributed by atoms with Crippen molar-refractivity contribution < 1.29 is 0 Å². The van der Waals surface area contributed by atoms with Crippen molar-refractivity contribution in [3.05, 3.63) is 22.4 Å². The Morgan fingerprint density at radius 2 is 2.05 bits per heavy atom. The standard InChI is InChI=1S/C16H24N2S2/c1-3-5-6-7-8-9-13(4-2)18-11-10-14-15(16(18)19)20-12-17-14/h10-13H,3-9H2,1-2H3. The van der Waals surface area contributed by atoms with E-state index >= 15 is 0 Å². The Morgan fingerprint density at radius 1 is 1.25 bits per heavy atom. The van der Waals surface area contributed by atoms with Crippen LogP contribution in [0.5, 0.6) is 0 Å². The highest BCUT2D eigenvalue weighted by Crippen LogP contribution is 2.25. The molecular formula is C16H24N2S2. The molecule has 2 rings (SSSR count). The van der Waals surface area contributed by atoms with Gasteiger partial charge < -0.3 is 4.57 Å². The highest BCUT2D eigenvalue weighted by Gasteiger charge is 2.11. The summed E-state index contributed by atoms with van der Waals surface area (Å²) in [5, 5.41) is 0. The zero-order valence-corrected chi connectivity index (χ0v) is 14.1. The third-order valence-corrected chi connectivity index (χ3v) is 5.32. The fourth-order valence-corrected chi connectivity index (χ4v) is 3.86. The third kappa shape index (κ3) is 3.67. The van der Waals surface area contributed by atoms with Gasteiger partial charge in [0, 0.05) is 12.2 Å². The van der Waals surface area contributed by atoms with Gasteiger partial charge in [-0.1, -0.05) is 58.2 Å². The molecule has 0 radical (unpaired) electrons. The molecule has 20 heavy (non-hydrogen) atoms. The van der Waals surface area contributed by atoms with E-state index in [9.17, 15) is 0 Å². The highest BCUT2D eigenvalue weighted by molar-refractivity contribution is 7.71. The molecule has 0 spiro atoms. The molecule has 110 valence electrons. The Hall–Kier alpha value is -0.740. The van der Waals surface area contributed by atoms with Gasteiger partial charge in [0.1, 0.15) is 4.64 Å². The predicted molar refractivity (Wildman–Crippen MR) is 91.1 cm³/mol. The van der Waals surface area contributed by atoms with Crippen LogP contribution in [0, 0.1) is 4.64 Å². The molecule has 2 nitrogen and oxygen atoms in total. The van der Waals surface area contributed by atoms with Crippen molar-refractivity contribution in [2.45, 2.75) is 64.8 Å². The second kappa shape index (κ2) is 7.89. The molecule has 0 aromatic carbocycles. The summed E-state index contributed by atoms with van der Waals surface area (Å²) in [5.74, 6) is 0. The van der Waals surface area contributed by atoms with Crippen LogP contribution in [0.15, 0.2) is 17.8 Å². The summed E-state index contributed by atoms with van der Waals surface area (Å²) in [6.07, 6.45) is 11.2. The molecule has 0 fully saturated rings. The summed E-state index contributed by atoms with van der Waals surface area (Å²) in [4.78, 5) is 4.34. The monoisotopic (exact) mass is 308 g/mol. The van der Waals surface area contributed by atoms with Crippen molar-refractivity contribution in [3.63, 3.8) is 0 Å². The van der Waals surface area contributed by atoms with Gasteiger partial charge in [0.05, 0.1) is 15.7 Å². The number of fused-ring (bicyclic) bond motifs is 1. The number of hydrogen-bond acceptors (Lipinski definition) is 3. The summed E-state index contributed by atoms with van der Waals surface area (Å²) in [6, 6.07) is 2.64. The van der Waals surface area contributed by atoms with Crippen LogP contribution in [0.25, 0.3) is 10.2 Å². The lowest BCUT2D eigenvalue weighted by Gasteiger charge is -2.19. The SMILES string of the molecule is CCCCCCCC(CC)n1ccc2ncsc2c1=S. The van der Waals surface area contributed by atoms with E-state index in [0.29, 0.717) is 6.04 Å². The Labute approximate surface area is 130 Å². The Bertz CT molecular complexity index is 585. The van der Waals surface area contributed by atoms with E-state index < -0.39 is 0 Å². The fraction of sp³-hybridized carbons (Fsp3) is 0.625. The number of unbranched alkanes of at least 4 members (excludes halogenated alkanes) is 4. The second-order valence-electron chi connectivity index (χ2n) is 5.36. The fourth-order valence-electron chi connectivity index (χ4n) is 2.68. The van der Waals surface area contributed by atoms with Crippen LogP contribution in [0.1, 0.15) is 64.8 Å². The zero-order valence-electron chi connectivity index (χ0n) is 12.5. The molecule has 0 saturated heterocycles. The molecule has 0 aliphatic rings. The molecule has 0 aliphatic carbocycles. The molecule has 0 aliphatic heterocycles.